The molecule has 14 heavy (non-hydrogen) atoms. The van der Waals surface area contributed by atoms with E-state index in [-0.39, 0.29) is 12.1 Å². The van der Waals surface area contributed by atoms with Crippen molar-refractivity contribution in [1.29, 1.82) is 0 Å². The SMILES string of the molecule is CCN(C)C(=O)N1CC(N)CCC1C. The van der Waals surface area contributed by atoms with E-state index in [1.165, 1.54) is 0 Å². The standard InChI is InChI=1S/C10H21N3O/c1-4-12(3)10(14)13-7-9(11)6-5-8(13)2/h8-9H,4-7,11H2,1-3H3. The first-order valence-electron chi connectivity index (χ1n) is 5.33. The number of rotatable bonds is 1. The summed E-state index contributed by atoms with van der Waals surface area (Å²) in [6.45, 7) is 5.52. The topological polar surface area (TPSA) is 49.6 Å². The van der Waals surface area contributed by atoms with Crippen LogP contribution in [-0.2, 0) is 0 Å². The molecule has 1 fully saturated rings. The Morgan fingerprint density at radius 2 is 2.21 bits per heavy atom. The predicted molar refractivity (Wildman–Crippen MR) is 57.1 cm³/mol. The summed E-state index contributed by atoms with van der Waals surface area (Å²) in [5.74, 6) is 0. The van der Waals surface area contributed by atoms with Gasteiger partial charge in [0.1, 0.15) is 0 Å². The molecule has 1 aliphatic heterocycles. The monoisotopic (exact) mass is 199 g/mol. The third-order valence-corrected chi connectivity index (χ3v) is 2.97. The van der Waals surface area contributed by atoms with Gasteiger partial charge >= 0.3 is 6.03 Å². The van der Waals surface area contributed by atoms with Gasteiger partial charge in [-0.3, -0.25) is 0 Å². The fourth-order valence-corrected chi connectivity index (χ4v) is 1.76. The fourth-order valence-electron chi connectivity index (χ4n) is 1.76. The molecule has 0 spiro atoms. The van der Waals surface area contributed by atoms with Gasteiger partial charge in [-0.2, -0.15) is 0 Å². The Morgan fingerprint density at radius 3 is 2.79 bits per heavy atom. The maximum atomic E-state index is 11.9. The van der Waals surface area contributed by atoms with Gasteiger partial charge in [0.2, 0.25) is 0 Å². The van der Waals surface area contributed by atoms with Gasteiger partial charge in [0.15, 0.2) is 0 Å². The lowest BCUT2D eigenvalue weighted by Gasteiger charge is -2.38. The van der Waals surface area contributed by atoms with Crippen molar-refractivity contribution >= 4 is 6.03 Å². The lowest BCUT2D eigenvalue weighted by Crippen LogP contribution is -2.53. The summed E-state index contributed by atoms with van der Waals surface area (Å²) in [6, 6.07) is 0.590. The summed E-state index contributed by atoms with van der Waals surface area (Å²) < 4.78 is 0. The largest absolute Gasteiger partial charge is 0.328 e. The van der Waals surface area contributed by atoms with Crippen molar-refractivity contribution in [3.63, 3.8) is 0 Å². The van der Waals surface area contributed by atoms with E-state index in [2.05, 4.69) is 6.92 Å². The number of carbonyl (C=O) groups is 1. The number of urea groups is 1. The van der Waals surface area contributed by atoms with Crippen LogP contribution in [0.15, 0.2) is 0 Å². The zero-order valence-corrected chi connectivity index (χ0v) is 9.36. The molecule has 1 heterocycles. The number of hydrogen-bond acceptors (Lipinski definition) is 2. The van der Waals surface area contributed by atoms with E-state index >= 15 is 0 Å². The van der Waals surface area contributed by atoms with E-state index in [9.17, 15) is 4.79 Å². The normalized spacial score (nSPS) is 27.6. The van der Waals surface area contributed by atoms with Gasteiger partial charge in [-0.1, -0.05) is 0 Å². The van der Waals surface area contributed by atoms with Gasteiger partial charge < -0.3 is 15.5 Å². The summed E-state index contributed by atoms with van der Waals surface area (Å²) in [5.41, 5.74) is 5.85. The van der Waals surface area contributed by atoms with E-state index in [1.54, 1.807) is 4.90 Å². The molecule has 2 N–H and O–H groups in total. The Bertz CT molecular complexity index is 208. The second kappa shape index (κ2) is 4.64. The van der Waals surface area contributed by atoms with Crippen molar-refractivity contribution in [3.8, 4) is 0 Å². The highest BCUT2D eigenvalue weighted by atomic mass is 16.2. The van der Waals surface area contributed by atoms with Gasteiger partial charge in [-0.15, -0.1) is 0 Å². The molecule has 0 aromatic rings. The van der Waals surface area contributed by atoms with Crippen molar-refractivity contribution in [2.24, 2.45) is 5.73 Å². The highest BCUT2D eigenvalue weighted by molar-refractivity contribution is 5.74. The van der Waals surface area contributed by atoms with Crippen LogP contribution >= 0.6 is 0 Å². The number of amides is 2. The number of likely N-dealkylation sites (tertiary alicyclic amines) is 1. The summed E-state index contributed by atoms with van der Waals surface area (Å²) in [4.78, 5) is 15.5. The van der Waals surface area contributed by atoms with E-state index < -0.39 is 0 Å². The Labute approximate surface area is 86.0 Å². The minimum atomic E-state index is 0.107. The average Bonchev–Trinajstić information content (AvgIpc) is 2.19. The molecule has 4 heteroatoms. The molecule has 4 nitrogen and oxygen atoms in total. The number of hydrogen-bond donors (Lipinski definition) is 1. The van der Waals surface area contributed by atoms with Gasteiger partial charge in [0.05, 0.1) is 0 Å². The Morgan fingerprint density at radius 1 is 1.57 bits per heavy atom. The van der Waals surface area contributed by atoms with Crippen LogP contribution in [0, 0.1) is 0 Å². The first-order valence-corrected chi connectivity index (χ1v) is 5.33. The molecule has 2 amide bonds. The van der Waals surface area contributed by atoms with E-state index in [4.69, 9.17) is 5.73 Å². The van der Waals surface area contributed by atoms with Crippen LogP contribution in [0.5, 0.6) is 0 Å². The molecule has 0 aromatic carbocycles. The number of nitrogens with zero attached hydrogens (tertiary/aromatic N) is 2. The van der Waals surface area contributed by atoms with Crippen molar-refractivity contribution in [2.75, 3.05) is 20.1 Å². The maximum Gasteiger partial charge on any atom is 0.320 e. The summed E-state index contributed by atoms with van der Waals surface area (Å²) in [7, 11) is 1.83. The van der Waals surface area contributed by atoms with E-state index in [0.717, 1.165) is 19.4 Å². The van der Waals surface area contributed by atoms with Crippen LogP contribution in [0.4, 0.5) is 4.79 Å². The van der Waals surface area contributed by atoms with Crippen LogP contribution in [0.3, 0.4) is 0 Å². The molecule has 0 bridgehead atoms. The summed E-state index contributed by atoms with van der Waals surface area (Å²) in [6.07, 6.45) is 2.05. The number of nitrogens with two attached hydrogens (primary N) is 1. The summed E-state index contributed by atoms with van der Waals surface area (Å²) in [5, 5.41) is 0. The van der Waals surface area contributed by atoms with Crippen LogP contribution in [0.25, 0.3) is 0 Å². The molecule has 1 rings (SSSR count). The Hall–Kier alpha value is -0.770. The first-order chi connectivity index (χ1) is 6.56. The number of piperidine rings is 1. The molecule has 82 valence electrons. The molecule has 0 aromatic heterocycles. The van der Waals surface area contributed by atoms with Gasteiger partial charge in [0, 0.05) is 32.2 Å². The van der Waals surface area contributed by atoms with Crippen LogP contribution in [0.1, 0.15) is 26.7 Å². The second-order valence-corrected chi connectivity index (χ2v) is 4.14. The highest BCUT2D eigenvalue weighted by Crippen LogP contribution is 2.17. The fraction of sp³-hybridized carbons (Fsp3) is 0.900. The summed E-state index contributed by atoms with van der Waals surface area (Å²) >= 11 is 0. The highest BCUT2D eigenvalue weighted by Gasteiger charge is 2.28. The minimum Gasteiger partial charge on any atom is -0.328 e. The molecule has 0 aliphatic carbocycles. The first kappa shape index (κ1) is 11.3. The maximum absolute atomic E-state index is 11.9. The molecule has 0 radical (unpaired) electrons. The van der Waals surface area contributed by atoms with Crippen molar-refractivity contribution in [3.05, 3.63) is 0 Å². The van der Waals surface area contributed by atoms with E-state index in [1.807, 2.05) is 18.9 Å². The third kappa shape index (κ3) is 2.38. The molecular formula is C10H21N3O. The molecule has 2 unspecified atom stereocenters. The Balaban J connectivity index is 2.60. The van der Waals surface area contributed by atoms with Crippen LogP contribution < -0.4 is 5.73 Å². The molecule has 1 aliphatic rings. The van der Waals surface area contributed by atoms with Gasteiger partial charge in [-0.25, -0.2) is 4.79 Å². The molecule has 0 saturated carbocycles. The smallest absolute Gasteiger partial charge is 0.320 e. The zero-order chi connectivity index (χ0) is 10.7. The van der Waals surface area contributed by atoms with Crippen LogP contribution in [-0.4, -0.2) is 48.1 Å². The van der Waals surface area contributed by atoms with Crippen molar-refractivity contribution in [1.82, 2.24) is 9.80 Å². The second-order valence-electron chi connectivity index (χ2n) is 4.14. The lowest BCUT2D eigenvalue weighted by molar-refractivity contribution is 0.123. The molecular weight excluding hydrogens is 178 g/mol. The van der Waals surface area contributed by atoms with Crippen LogP contribution in [0.2, 0.25) is 0 Å². The third-order valence-electron chi connectivity index (χ3n) is 2.97. The van der Waals surface area contributed by atoms with Gasteiger partial charge in [-0.05, 0) is 26.7 Å². The molecule has 2 atom stereocenters. The van der Waals surface area contributed by atoms with E-state index in [0.29, 0.717) is 12.6 Å². The van der Waals surface area contributed by atoms with Crippen molar-refractivity contribution in [2.45, 2.75) is 38.8 Å². The minimum absolute atomic E-state index is 0.107. The van der Waals surface area contributed by atoms with Gasteiger partial charge in [0.25, 0.3) is 0 Å². The quantitative estimate of drug-likeness (QED) is 0.681. The predicted octanol–water partition coefficient (Wildman–Crippen LogP) is 0.870. The Kier molecular flexibility index (Phi) is 3.75. The molecule has 1 saturated heterocycles. The lowest BCUT2D eigenvalue weighted by atomic mass is 10.0. The number of carbonyl (C=O) groups excluding carboxylic acids is 1. The zero-order valence-electron chi connectivity index (χ0n) is 9.36. The average molecular weight is 199 g/mol. The van der Waals surface area contributed by atoms with Crippen molar-refractivity contribution < 1.29 is 4.79 Å².